The van der Waals surface area contributed by atoms with Gasteiger partial charge < -0.3 is 5.32 Å². The molecule has 0 fully saturated rings. The van der Waals surface area contributed by atoms with Crippen molar-refractivity contribution < 1.29 is 4.79 Å². The van der Waals surface area contributed by atoms with Gasteiger partial charge in [-0.2, -0.15) is 11.8 Å². The number of carbonyl (C=O) groups excluding carboxylic acids is 1. The van der Waals surface area contributed by atoms with Gasteiger partial charge in [0.05, 0.1) is 5.75 Å². The van der Waals surface area contributed by atoms with E-state index in [1.54, 1.807) is 18.8 Å². The average molecular weight is 147 g/mol. The van der Waals surface area contributed by atoms with Gasteiger partial charge in [-0.05, 0) is 12.2 Å². The van der Waals surface area contributed by atoms with Gasteiger partial charge in [0.1, 0.15) is 0 Å². The quantitative estimate of drug-likeness (QED) is 0.598. The minimum Gasteiger partial charge on any atom is -0.358 e. The van der Waals surface area contributed by atoms with Crippen LogP contribution in [0.4, 0.5) is 0 Å². The third kappa shape index (κ3) is 5.69. The van der Waals surface area contributed by atoms with E-state index in [1.807, 2.05) is 0 Å². The molecule has 0 aromatic rings. The molecule has 0 saturated heterocycles. The highest BCUT2D eigenvalue weighted by molar-refractivity contribution is 7.99. The fourth-order valence-electron chi connectivity index (χ4n) is 0.381. The van der Waals surface area contributed by atoms with Gasteiger partial charge in [-0.3, -0.25) is 4.79 Å². The molecule has 0 aromatic carbocycles. The first-order valence-corrected chi connectivity index (χ1v) is 4.25. The normalized spacial score (nSPS) is 9.11. The maximum absolute atomic E-state index is 10.6. The summed E-state index contributed by atoms with van der Waals surface area (Å²) in [5.41, 5.74) is 0. The third-order valence-electron chi connectivity index (χ3n) is 0.860. The highest BCUT2D eigenvalue weighted by atomic mass is 32.2. The molecule has 0 heterocycles. The minimum atomic E-state index is 0.119. The van der Waals surface area contributed by atoms with Crippen LogP contribution in [-0.2, 0) is 4.79 Å². The van der Waals surface area contributed by atoms with Crippen LogP contribution in [0.2, 0.25) is 0 Å². The van der Waals surface area contributed by atoms with Gasteiger partial charge in [0.15, 0.2) is 0 Å². The van der Waals surface area contributed by atoms with Crippen LogP contribution in [0.3, 0.4) is 0 Å². The van der Waals surface area contributed by atoms with E-state index in [2.05, 4.69) is 12.2 Å². The second kappa shape index (κ2) is 5.95. The van der Waals surface area contributed by atoms with E-state index >= 15 is 0 Å². The summed E-state index contributed by atoms with van der Waals surface area (Å²) in [6.07, 6.45) is 1.14. The molecule has 3 heteroatoms. The fraction of sp³-hybridized carbons (Fsp3) is 0.833. The summed E-state index contributed by atoms with van der Waals surface area (Å²) in [6, 6.07) is 0. The molecule has 0 aliphatic carbocycles. The van der Waals surface area contributed by atoms with Crippen molar-refractivity contribution >= 4 is 17.7 Å². The van der Waals surface area contributed by atoms with Crippen molar-refractivity contribution in [3.8, 4) is 0 Å². The SMILES string of the molecule is CCCSCC(=O)NC. The lowest BCUT2D eigenvalue weighted by Crippen LogP contribution is -2.19. The first-order valence-electron chi connectivity index (χ1n) is 3.09. The number of hydrogen-bond donors (Lipinski definition) is 1. The van der Waals surface area contributed by atoms with Gasteiger partial charge >= 0.3 is 0 Å². The van der Waals surface area contributed by atoms with E-state index in [9.17, 15) is 4.79 Å². The number of carbonyl (C=O) groups is 1. The summed E-state index contributed by atoms with van der Waals surface area (Å²) in [4.78, 5) is 10.6. The summed E-state index contributed by atoms with van der Waals surface area (Å²) in [6.45, 7) is 2.11. The molecule has 1 amide bonds. The predicted molar refractivity (Wildman–Crippen MR) is 41.7 cm³/mol. The van der Waals surface area contributed by atoms with Crippen LogP contribution in [0.25, 0.3) is 0 Å². The van der Waals surface area contributed by atoms with Crippen LogP contribution >= 0.6 is 11.8 Å². The van der Waals surface area contributed by atoms with Gasteiger partial charge in [-0.1, -0.05) is 6.92 Å². The molecule has 2 nitrogen and oxygen atoms in total. The Morgan fingerprint density at radius 3 is 2.78 bits per heavy atom. The minimum absolute atomic E-state index is 0.119. The van der Waals surface area contributed by atoms with Crippen molar-refractivity contribution in [2.75, 3.05) is 18.6 Å². The Labute approximate surface area is 60.4 Å². The fourth-order valence-corrected chi connectivity index (χ4v) is 1.14. The summed E-state index contributed by atoms with van der Waals surface area (Å²) >= 11 is 1.67. The van der Waals surface area contributed by atoms with Gasteiger partial charge in [0.25, 0.3) is 0 Å². The first kappa shape index (κ1) is 8.82. The smallest absolute Gasteiger partial charge is 0.229 e. The second-order valence-corrected chi connectivity index (χ2v) is 2.83. The van der Waals surface area contributed by atoms with E-state index in [-0.39, 0.29) is 5.91 Å². The number of rotatable bonds is 4. The van der Waals surface area contributed by atoms with Crippen LogP contribution < -0.4 is 5.32 Å². The van der Waals surface area contributed by atoms with Crippen LogP contribution in [-0.4, -0.2) is 24.5 Å². The van der Waals surface area contributed by atoms with Gasteiger partial charge in [-0.15, -0.1) is 0 Å². The topological polar surface area (TPSA) is 29.1 Å². The van der Waals surface area contributed by atoms with Gasteiger partial charge in [0.2, 0.25) is 5.91 Å². The molecule has 0 aliphatic heterocycles. The molecule has 0 aliphatic rings. The lowest BCUT2D eigenvalue weighted by Gasteiger charge is -1.96. The third-order valence-corrected chi connectivity index (χ3v) is 2.02. The average Bonchev–Trinajstić information content (AvgIpc) is 1.89. The van der Waals surface area contributed by atoms with E-state index in [1.165, 1.54) is 0 Å². The second-order valence-electron chi connectivity index (χ2n) is 1.73. The first-order chi connectivity index (χ1) is 4.31. The van der Waals surface area contributed by atoms with Crippen LogP contribution in [0.15, 0.2) is 0 Å². The number of thioether (sulfide) groups is 1. The molecule has 1 N–H and O–H groups in total. The highest BCUT2D eigenvalue weighted by Gasteiger charge is 1.94. The molecule has 54 valence electrons. The summed E-state index contributed by atoms with van der Waals surface area (Å²) < 4.78 is 0. The van der Waals surface area contributed by atoms with Crippen LogP contribution in [0.1, 0.15) is 13.3 Å². The maximum Gasteiger partial charge on any atom is 0.229 e. The number of hydrogen-bond acceptors (Lipinski definition) is 2. The Balaban J connectivity index is 2.97. The Kier molecular flexibility index (Phi) is 5.83. The van der Waals surface area contributed by atoms with Crippen molar-refractivity contribution in [2.24, 2.45) is 0 Å². The molecule has 0 bridgehead atoms. The zero-order valence-corrected chi connectivity index (χ0v) is 6.75. The van der Waals surface area contributed by atoms with Crippen molar-refractivity contribution in [3.63, 3.8) is 0 Å². The maximum atomic E-state index is 10.6. The van der Waals surface area contributed by atoms with Crippen molar-refractivity contribution in [1.29, 1.82) is 0 Å². The van der Waals surface area contributed by atoms with Crippen molar-refractivity contribution in [2.45, 2.75) is 13.3 Å². The lowest BCUT2D eigenvalue weighted by molar-refractivity contribution is -0.118. The molecule has 0 saturated carbocycles. The van der Waals surface area contributed by atoms with Gasteiger partial charge in [-0.25, -0.2) is 0 Å². The van der Waals surface area contributed by atoms with Crippen molar-refractivity contribution in [1.82, 2.24) is 5.32 Å². The monoisotopic (exact) mass is 147 g/mol. The molecule has 0 atom stereocenters. The van der Waals surface area contributed by atoms with Crippen molar-refractivity contribution in [3.05, 3.63) is 0 Å². The summed E-state index contributed by atoms with van der Waals surface area (Å²) in [5.74, 6) is 1.80. The molecule has 0 unspecified atom stereocenters. The lowest BCUT2D eigenvalue weighted by atomic mass is 10.6. The summed E-state index contributed by atoms with van der Waals surface area (Å²) in [7, 11) is 1.66. The summed E-state index contributed by atoms with van der Waals surface area (Å²) in [5, 5.41) is 2.56. The van der Waals surface area contributed by atoms with Crippen LogP contribution in [0, 0.1) is 0 Å². The molecule has 0 rings (SSSR count). The van der Waals surface area contributed by atoms with E-state index in [0.29, 0.717) is 5.75 Å². The van der Waals surface area contributed by atoms with Crippen LogP contribution in [0.5, 0.6) is 0 Å². The van der Waals surface area contributed by atoms with Gasteiger partial charge in [0, 0.05) is 7.05 Å². The Morgan fingerprint density at radius 2 is 2.33 bits per heavy atom. The molecule has 0 aromatic heterocycles. The molecule has 0 radical (unpaired) electrons. The Morgan fingerprint density at radius 1 is 1.67 bits per heavy atom. The zero-order valence-electron chi connectivity index (χ0n) is 5.94. The standard InChI is InChI=1S/C6H13NOS/c1-3-4-9-5-6(8)7-2/h3-5H2,1-2H3,(H,7,8). The molecular formula is C6H13NOS. The molecule has 0 spiro atoms. The predicted octanol–water partition coefficient (Wildman–Crippen LogP) is 0.876. The largest absolute Gasteiger partial charge is 0.358 e. The molecule has 9 heavy (non-hydrogen) atoms. The number of amides is 1. The Hall–Kier alpha value is -0.180. The molecular weight excluding hydrogens is 134 g/mol. The van der Waals surface area contributed by atoms with E-state index in [4.69, 9.17) is 0 Å². The highest BCUT2D eigenvalue weighted by Crippen LogP contribution is 1.99. The number of nitrogens with one attached hydrogen (secondary N) is 1. The van der Waals surface area contributed by atoms with E-state index in [0.717, 1.165) is 12.2 Å². The Bertz CT molecular complexity index is 85.1. The zero-order chi connectivity index (χ0) is 7.11. The van der Waals surface area contributed by atoms with E-state index < -0.39 is 0 Å².